The number of Topliss-reactive ketones (excluding diaryl/α,β-unsaturated/α-hetero) is 1. The quantitative estimate of drug-likeness (QED) is 0.471. The molecule has 1 atom stereocenters. The van der Waals surface area contributed by atoms with Crippen LogP contribution in [0.2, 0.25) is 0 Å². The molecule has 1 amide bonds. The molecule has 0 aliphatic carbocycles. The van der Waals surface area contributed by atoms with Gasteiger partial charge in [0.2, 0.25) is 0 Å². The number of hydrogen-bond donors (Lipinski definition) is 1. The first-order valence-electron chi connectivity index (χ1n) is 7.76. The second-order valence-corrected chi connectivity index (χ2v) is 5.35. The van der Waals surface area contributed by atoms with E-state index in [0.717, 1.165) is 0 Å². The monoisotopic (exact) mass is 342 g/mol. The number of amides is 1. The largest absolute Gasteiger partial charge is 0.481 e. The average Bonchev–Trinajstić information content (AvgIpc) is 2.62. The Balaban J connectivity index is 1.95. The van der Waals surface area contributed by atoms with Gasteiger partial charge in [-0.2, -0.15) is 0 Å². The number of non-ortho nitro benzene ring substituents is 1. The molecule has 0 fully saturated rings. The third kappa shape index (κ3) is 4.87. The summed E-state index contributed by atoms with van der Waals surface area (Å²) >= 11 is 0. The number of ketones is 1. The Kier molecular flexibility index (Phi) is 5.84. The minimum absolute atomic E-state index is 0.0375. The molecule has 7 heteroatoms. The third-order valence-corrected chi connectivity index (χ3v) is 3.53. The molecule has 0 aromatic heterocycles. The normalized spacial score (nSPS) is 11.4. The molecule has 0 aliphatic rings. The molecule has 1 N–H and O–H groups in total. The number of rotatable bonds is 7. The topological polar surface area (TPSA) is 98.5 Å². The zero-order valence-corrected chi connectivity index (χ0v) is 13.9. The highest BCUT2D eigenvalue weighted by Crippen LogP contribution is 2.18. The number of carbonyl (C=O) groups excluding carboxylic acids is 2. The van der Waals surface area contributed by atoms with E-state index in [4.69, 9.17) is 4.74 Å². The van der Waals surface area contributed by atoms with Gasteiger partial charge >= 0.3 is 0 Å². The maximum absolute atomic E-state index is 12.1. The Hall–Kier alpha value is -3.22. The second kappa shape index (κ2) is 8.05. The summed E-state index contributed by atoms with van der Waals surface area (Å²) in [7, 11) is 0. The molecule has 0 unspecified atom stereocenters. The fourth-order valence-corrected chi connectivity index (χ4v) is 2.09. The van der Waals surface area contributed by atoms with Gasteiger partial charge in [0, 0.05) is 29.8 Å². The second-order valence-electron chi connectivity index (χ2n) is 5.35. The standard InChI is InChI=1S/C18H18N2O5/c1-3-17(21)13-4-10-16(11-5-13)25-12(2)18(22)19-14-6-8-15(9-7-14)20(23)24/h4-12H,3H2,1-2H3,(H,19,22)/t12-/m1/s1. The summed E-state index contributed by atoms with van der Waals surface area (Å²) < 4.78 is 5.55. The van der Waals surface area contributed by atoms with Crippen LogP contribution in [0.4, 0.5) is 11.4 Å². The summed E-state index contributed by atoms with van der Waals surface area (Å²) in [4.78, 5) is 33.8. The van der Waals surface area contributed by atoms with Crippen molar-refractivity contribution in [3.63, 3.8) is 0 Å². The molecule has 2 rings (SSSR count). The van der Waals surface area contributed by atoms with Crippen molar-refractivity contribution in [3.05, 3.63) is 64.2 Å². The SMILES string of the molecule is CCC(=O)c1ccc(O[C@H](C)C(=O)Nc2ccc([N+](=O)[O-])cc2)cc1. The summed E-state index contributed by atoms with van der Waals surface area (Å²) in [5, 5.41) is 13.2. The zero-order valence-electron chi connectivity index (χ0n) is 13.9. The van der Waals surface area contributed by atoms with Crippen LogP contribution >= 0.6 is 0 Å². The number of nitro groups is 1. The highest BCUT2D eigenvalue weighted by atomic mass is 16.6. The van der Waals surface area contributed by atoms with E-state index in [2.05, 4.69) is 5.32 Å². The number of nitrogens with zero attached hydrogens (tertiary/aromatic N) is 1. The van der Waals surface area contributed by atoms with Crippen molar-refractivity contribution in [2.45, 2.75) is 26.4 Å². The van der Waals surface area contributed by atoms with Crippen LogP contribution < -0.4 is 10.1 Å². The predicted molar refractivity (Wildman–Crippen MR) is 92.9 cm³/mol. The molecule has 0 spiro atoms. The van der Waals surface area contributed by atoms with Gasteiger partial charge in [0.25, 0.3) is 11.6 Å². The number of ether oxygens (including phenoxy) is 1. The van der Waals surface area contributed by atoms with Crippen molar-refractivity contribution in [2.24, 2.45) is 0 Å². The molecule has 130 valence electrons. The first-order valence-corrected chi connectivity index (χ1v) is 7.76. The Morgan fingerprint density at radius 3 is 2.24 bits per heavy atom. The Bertz CT molecular complexity index is 769. The van der Waals surface area contributed by atoms with Crippen molar-refractivity contribution in [3.8, 4) is 5.75 Å². The Morgan fingerprint density at radius 1 is 1.12 bits per heavy atom. The lowest BCUT2D eigenvalue weighted by molar-refractivity contribution is -0.384. The molecule has 2 aromatic carbocycles. The number of nitro benzene ring substituents is 1. The maximum Gasteiger partial charge on any atom is 0.269 e. The number of benzene rings is 2. The first kappa shape index (κ1) is 18.1. The van der Waals surface area contributed by atoms with Crippen LogP contribution in [0.3, 0.4) is 0 Å². The molecule has 0 saturated heterocycles. The molecule has 0 bridgehead atoms. The average molecular weight is 342 g/mol. The Morgan fingerprint density at radius 2 is 1.72 bits per heavy atom. The van der Waals surface area contributed by atoms with E-state index >= 15 is 0 Å². The predicted octanol–water partition coefficient (Wildman–Crippen LogP) is 3.59. The van der Waals surface area contributed by atoms with Gasteiger partial charge < -0.3 is 10.1 Å². The van der Waals surface area contributed by atoms with Crippen LogP contribution in [-0.4, -0.2) is 22.7 Å². The van der Waals surface area contributed by atoms with E-state index in [9.17, 15) is 19.7 Å². The van der Waals surface area contributed by atoms with Gasteiger partial charge in [0.05, 0.1) is 4.92 Å². The first-order chi connectivity index (χ1) is 11.9. The van der Waals surface area contributed by atoms with E-state index in [1.807, 2.05) is 0 Å². The van der Waals surface area contributed by atoms with Gasteiger partial charge in [-0.1, -0.05) is 6.92 Å². The van der Waals surface area contributed by atoms with Gasteiger partial charge in [-0.05, 0) is 43.3 Å². The van der Waals surface area contributed by atoms with Crippen molar-refractivity contribution < 1.29 is 19.2 Å². The summed E-state index contributed by atoms with van der Waals surface area (Å²) in [5.41, 5.74) is 0.983. The highest BCUT2D eigenvalue weighted by molar-refractivity contribution is 5.96. The van der Waals surface area contributed by atoms with Crippen LogP contribution in [0.5, 0.6) is 5.75 Å². The molecular weight excluding hydrogens is 324 g/mol. The number of anilines is 1. The summed E-state index contributed by atoms with van der Waals surface area (Å²) in [6.07, 6.45) is -0.350. The number of nitrogens with one attached hydrogen (secondary N) is 1. The van der Waals surface area contributed by atoms with E-state index in [-0.39, 0.29) is 17.4 Å². The fourth-order valence-electron chi connectivity index (χ4n) is 2.09. The molecule has 2 aromatic rings. The van der Waals surface area contributed by atoms with Crippen LogP contribution in [-0.2, 0) is 4.79 Å². The molecule has 7 nitrogen and oxygen atoms in total. The minimum atomic E-state index is -0.775. The van der Waals surface area contributed by atoms with E-state index in [0.29, 0.717) is 23.4 Å². The van der Waals surface area contributed by atoms with Crippen molar-refractivity contribution in [1.82, 2.24) is 0 Å². The minimum Gasteiger partial charge on any atom is -0.481 e. The Labute approximate surface area is 144 Å². The number of hydrogen-bond acceptors (Lipinski definition) is 5. The van der Waals surface area contributed by atoms with Gasteiger partial charge in [-0.25, -0.2) is 0 Å². The molecular formula is C18H18N2O5. The van der Waals surface area contributed by atoms with Gasteiger partial charge in [-0.15, -0.1) is 0 Å². The lowest BCUT2D eigenvalue weighted by atomic mass is 10.1. The number of carbonyl (C=O) groups is 2. The molecule has 0 radical (unpaired) electrons. The van der Waals surface area contributed by atoms with E-state index in [1.165, 1.54) is 24.3 Å². The molecule has 0 aliphatic heterocycles. The zero-order chi connectivity index (χ0) is 18.4. The van der Waals surface area contributed by atoms with Crippen LogP contribution in [0.15, 0.2) is 48.5 Å². The van der Waals surface area contributed by atoms with Gasteiger partial charge in [-0.3, -0.25) is 19.7 Å². The lowest BCUT2D eigenvalue weighted by Gasteiger charge is -2.15. The lowest BCUT2D eigenvalue weighted by Crippen LogP contribution is -2.30. The maximum atomic E-state index is 12.1. The summed E-state index contributed by atoms with van der Waals surface area (Å²) in [6.45, 7) is 3.38. The van der Waals surface area contributed by atoms with Gasteiger partial charge in [0.1, 0.15) is 5.75 Å². The van der Waals surface area contributed by atoms with Crippen LogP contribution in [0, 0.1) is 10.1 Å². The summed E-state index contributed by atoms with van der Waals surface area (Å²) in [6, 6.07) is 12.1. The van der Waals surface area contributed by atoms with Gasteiger partial charge in [0.15, 0.2) is 11.9 Å². The van der Waals surface area contributed by atoms with Crippen LogP contribution in [0.25, 0.3) is 0 Å². The molecule has 0 heterocycles. The van der Waals surface area contributed by atoms with E-state index in [1.54, 1.807) is 38.1 Å². The van der Waals surface area contributed by atoms with Crippen LogP contribution in [0.1, 0.15) is 30.6 Å². The molecule has 25 heavy (non-hydrogen) atoms. The smallest absolute Gasteiger partial charge is 0.269 e. The van der Waals surface area contributed by atoms with E-state index < -0.39 is 11.0 Å². The highest BCUT2D eigenvalue weighted by Gasteiger charge is 2.16. The van der Waals surface area contributed by atoms with Crippen molar-refractivity contribution in [1.29, 1.82) is 0 Å². The third-order valence-electron chi connectivity index (χ3n) is 3.53. The fraction of sp³-hybridized carbons (Fsp3) is 0.222. The molecule has 0 saturated carbocycles. The summed E-state index contributed by atoms with van der Waals surface area (Å²) in [5.74, 6) is 0.122. The van der Waals surface area contributed by atoms with Crippen molar-refractivity contribution in [2.75, 3.05) is 5.32 Å². The van der Waals surface area contributed by atoms with Crippen molar-refractivity contribution >= 4 is 23.1 Å².